The number of rotatable bonds is 2. The summed E-state index contributed by atoms with van der Waals surface area (Å²) in [7, 11) is 0. The number of anilines is 2. The molecule has 0 aliphatic carbocycles. The van der Waals surface area contributed by atoms with E-state index in [1.807, 2.05) is 13.0 Å². The van der Waals surface area contributed by atoms with Crippen LogP contribution in [0.1, 0.15) is 11.3 Å². The Hall–Kier alpha value is -2.73. The molecule has 0 saturated carbocycles. The van der Waals surface area contributed by atoms with E-state index in [0.717, 1.165) is 37.6 Å². The number of aryl methyl sites for hydroxylation is 2. The first kappa shape index (κ1) is 13.9. The zero-order chi connectivity index (χ0) is 16.0. The molecule has 0 unspecified atom stereocenters. The van der Waals surface area contributed by atoms with Gasteiger partial charge in [-0.05, 0) is 37.6 Å². The van der Waals surface area contributed by atoms with Crippen LogP contribution in [0.2, 0.25) is 0 Å². The first-order chi connectivity index (χ1) is 11.1. The van der Waals surface area contributed by atoms with Gasteiger partial charge in [0.2, 0.25) is 0 Å². The zero-order valence-electron chi connectivity index (χ0n) is 12.7. The van der Waals surface area contributed by atoms with Gasteiger partial charge in [-0.15, -0.1) is 11.3 Å². The van der Waals surface area contributed by atoms with Crippen molar-refractivity contribution in [2.45, 2.75) is 13.8 Å². The van der Waals surface area contributed by atoms with E-state index in [9.17, 15) is 5.11 Å². The number of benzene rings is 1. The summed E-state index contributed by atoms with van der Waals surface area (Å²) >= 11 is 1.58. The minimum absolute atomic E-state index is 0.213. The number of aromatic nitrogens is 3. The van der Waals surface area contributed by atoms with Crippen molar-refractivity contribution in [3.05, 3.63) is 47.9 Å². The maximum absolute atomic E-state index is 9.61. The van der Waals surface area contributed by atoms with Crippen LogP contribution in [0.5, 0.6) is 5.75 Å². The summed E-state index contributed by atoms with van der Waals surface area (Å²) in [6.07, 6.45) is 1.55. The predicted octanol–water partition coefficient (Wildman–Crippen LogP) is 4.31. The SMILES string of the molecule is Cc1cc(C)c2c(n1)sc1c(Nc3cccc(O)c3)ncnc12. The lowest BCUT2D eigenvalue weighted by atomic mass is 10.1. The Kier molecular flexibility index (Phi) is 3.12. The van der Waals surface area contributed by atoms with Gasteiger partial charge in [0.25, 0.3) is 0 Å². The second-order valence-corrected chi connectivity index (χ2v) is 6.44. The molecule has 0 atom stereocenters. The van der Waals surface area contributed by atoms with Crippen LogP contribution < -0.4 is 5.32 Å². The molecule has 4 aromatic rings. The van der Waals surface area contributed by atoms with Gasteiger partial charge in [-0.25, -0.2) is 15.0 Å². The van der Waals surface area contributed by atoms with Crippen molar-refractivity contribution in [2.75, 3.05) is 5.32 Å². The number of phenols is 1. The van der Waals surface area contributed by atoms with Crippen LogP contribution in [0.3, 0.4) is 0 Å². The highest BCUT2D eigenvalue weighted by atomic mass is 32.1. The van der Waals surface area contributed by atoms with E-state index in [1.165, 1.54) is 5.56 Å². The first-order valence-electron chi connectivity index (χ1n) is 7.19. The summed E-state index contributed by atoms with van der Waals surface area (Å²) in [5.41, 5.74) is 3.86. The van der Waals surface area contributed by atoms with Gasteiger partial charge in [0, 0.05) is 22.8 Å². The number of hydrogen-bond acceptors (Lipinski definition) is 6. The Morgan fingerprint density at radius 3 is 2.83 bits per heavy atom. The first-order valence-corrected chi connectivity index (χ1v) is 8.01. The van der Waals surface area contributed by atoms with E-state index in [0.29, 0.717) is 0 Å². The van der Waals surface area contributed by atoms with Crippen LogP contribution in [0.25, 0.3) is 20.4 Å². The van der Waals surface area contributed by atoms with Crippen molar-refractivity contribution in [3.63, 3.8) is 0 Å². The molecule has 0 fully saturated rings. The minimum Gasteiger partial charge on any atom is -0.508 e. The molecule has 4 rings (SSSR count). The fourth-order valence-electron chi connectivity index (χ4n) is 2.72. The van der Waals surface area contributed by atoms with Gasteiger partial charge in [0.1, 0.15) is 16.9 Å². The van der Waals surface area contributed by atoms with Crippen molar-refractivity contribution in [3.8, 4) is 5.75 Å². The van der Waals surface area contributed by atoms with E-state index in [-0.39, 0.29) is 5.75 Å². The number of thiophene rings is 1. The third kappa shape index (κ3) is 2.37. The van der Waals surface area contributed by atoms with Crippen molar-refractivity contribution >= 4 is 43.3 Å². The van der Waals surface area contributed by atoms with Crippen LogP contribution in [-0.4, -0.2) is 20.1 Å². The highest BCUT2D eigenvalue weighted by Crippen LogP contribution is 2.37. The third-order valence-corrected chi connectivity index (χ3v) is 4.74. The number of nitrogens with one attached hydrogen (secondary N) is 1. The summed E-state index contributed by atoms with van der Waals surface area (Å²) in [6, 6.07) is 9.04. The van der Waals surface area contributed by atoms with E-state index >= 15 is 0 Å². The zero-order valence-corrected chi connectivity index (χ0v) is 13.5. The van der Waals surface area contributed by atoms with Crippen molar-refractivity contribution < 1.29 is 5.11 Å². The number of fused-ring (bicyclic) bond motifs is 3. The molecular formula is C17H14N4OS. The molecule has 0 aliphatic heterocycles. The molecule has 114 valence electrons. The standard InChI is InChI=1S/C17H14N4OS/c1-9-6-10(2)20-17-13(9)14-15(23-17)16(19-8-18-14)21-11-4-3-5-12(22)7-11/h3-8,22H,1-2H3,(H,18,19,21). The highest BCUT2D eigenvalue weighted by Gasteiger charge is 2.14. The van der Waals surface area contributed by atoms with Crippen LogP contribution in [0, 0.1) is 13.8 Å². The van der Waals surface area contributed by atoms with E-state index in [4.69, 9.17) is 0 Å². The lowest BCUT2D eigenvalue weighted by Gasteiger charge is -2.06. The lowest BCUT2D eigenvalue weighted by Crippen LogP contribution is -1.94. The van der Waals surface area contributed by atoms with E-state index < -0.39 is 0 Å². The maximum atomic E-state index is 9.61. The quantitative estimate of drug-likeness (QED) is 0.575. The minimum atomic E-state index is 0.213. The molecule has 0 amide bonds. The smallest absolute Gasteiger partial charge is 0.151 e. The topological polar surface area (TPSA) is 70.9 Å². The van der Waals surface area contributed by atoms with Crippen molar-refractivity contribution in [2.24, 2.45) is 0 Å². The largest absolute Gasteiger partial charge is 0.508 e. The van der Waals surface area contributed by atoms with E-state index in [1.54, 1.807) is 35.9 Å². The molecule has 6 heteroatoms. The Bertz CT molecular complexity index is 1040. The third-order valence-electron chi connectivity index (χ3n) is 3.66. The monoisotopic (exact) mass is 322 g/mol. The predicted molar refractivity (Wildman–Crippen MR) is 93.6 cm³/mol. The number of hydrogen-bond donors (Lipinski definition) is 2. The number of pyridine rings is 1. The molecule has 0 radical (unpaired) electrons. The molecule has 23 heavy (non-hydrogen) atoms. The molecule has 5 nitrogen and oxygen atoms in total. The van der Waals surface area contributed by atoms with Crippen LogP contribution >= 0.6 is 11.3 Å². The van der Waals surface area contributed by atoms with Crippen molar-refractivity contribution in [1.29, 1.82) is 0 Å². The molecule has 0 saturated heterocycles. The Morgan fingerprint density at radius 2 is 2.00 bits per heavy atom. The van der Waals surface area contributed by atoms with Crippen molar-refractivity contribution in [1.82, 2.24) is 15.0 Å². The Labute approximate surface area is 136 Å². The summed E-state index contributed by atoms with van der Waals surface area (Å²) in [6.45, 7) is 4.07. The average molecular weight is 322 g/mol. The molecule has 0 aliphatic rings. The fraction of sp³-hybridized carbons (Fsp3) is 0.118. The van der Waals surface area contributed by atoms with Gasteiger partial charge in [0.05, 0.1) is 10.2 Å². The van der Waals surface area contributed by atoms with Gasteiger partial charge in [0.15, 0.2) is 5.82 Å². The lowest BCUT2D eigenvalue weighted by molar-refractivity contribution is 0.475. The average Bonchev–Trinajstić information content (AvgIpc) is 2.86. The number of phenolic OH excluding ortho intramolecular Hbond substituents is 1. The van der Waals surface area contributed by atoms with Crippen LogP contribution in [-0.2, 0) is 0 Å². The van der Waals surface area contributed by atoms with E-state index in [2.05, 4.69) is 33.3 Å². The highest BCUT2D eigenvalue weighted by molar-refractivity contribution is 7.26. The number of aromatic hydroxyl groups is 1. The second-order valence-electron chi connectivity index (χ2n) is 5.44. The maximum Gasteiger partial charge on any atom is 0.151 e. The molecule has 3 heterocycles. The normalized spacial score (nSPS) is 11.2. The van der Waals surface area contributed by atoms with Gasteiger partial charge < -0.3 is 10.4 Å². The van der Waals surface area contributed by atoms with Gasteiger partial charge in [-0.2, -0.15) is 0 Å². The fourth-order valence-corrected chi connectivity index (χ4v) is 3.91. The summed E-state index contributed by atoms with van der Waals surface area (Å²) in [4.78, 5) is 14.4. The summed E-state index contributed by atoms with van der Waals surface area (Å²) in [5, 5.41) is 13.9. The Balaban J connectivity index is 1.92. The number of nitrogens with zero attached hydrogens (tertiary/aromatic N) is 3. The molecule has 3 aromatic heterocycles. The molecule has 0 spiro atoms. The molecule has 1 aromatic carbocycles. The van der Waals surface area contributed by atoms with Gasteiger partial charge in [-0.3, -0.25) is 0 Å². The summed E-state index contributed by atoms with van der Waals surface area (Å²) < 4.78 is 0.965. The second kappa shape index (κ2) is 5.17. The van der Waals surface area contributed by atoms with Crippen LogP contribution in [0.15, 0.2) is 36.7 Å². The molecule has 0 bridgehead atoms. The molecular weight excluding hydrogens is 308 g/mol. The molecule has 2 N–H and O–H groups in total. The Morgan fingerprint density at radius 1 is 1.13 bits per heavy atom. The van der Waals surface area contributed by atoms with Gasteiger partial charge in [-0.1, -0.05) is 6.07 Å². The van der Waals surface area contributed by atoms with Gasteiger partial charge >= 0.3 is 0 Å². The van der Waals surface area contributed by atoms with Crippen LogP contribution in [0.4, 0.5) is 11.5 Å². The summed E-state index contributed by atoms with van der Waals surface area (Å²) in [5.74, 6) is 0.936.